The van der Waals surface area contributed by atoms with Crippen LogP contribution in [0.1, 0.15) is 31.9 Å². The van der Waals surface area contributed by atoms with Crippen LogP contribution in [0, 0.1) is 6.57 Å². The maximum Gasteiger partial charge on any atom is 0.242 e. The average molecular weight is 470 g/mol. The van der Waals surface area contributed by atoms with Gasteiger partial charge in [-0.25, -0.2) is 31.5 Å². The molecule has 10 heteroatoms. The third kappa shape index (κ3) is 4.76. The highest BCUT2D eigenvalue weighted by molar-refractivity contribution is 5.84. The Morgan fingerprint density at radius 1 is 1.17 bits per heavy atom. The summed E-state index contributed by atoms with van der Waals surface area (Å²) in [5.41, 5.74) is 4.11. The average Bonchev–Trinajstić information content (AvgIpc) is 3.52. The molecule has 1 atom stereocenters. The number of nitrogens with one attached hydrogen (secondary N) is 1. The molecule has 4 aromatic rings. The van der Waals surface area contributed by atoms with Crippen molar-refractivity contribution in [3.8, 4) is 17.3 Å². The summed E-state index contributed by atoms with van der Waals surface area (Å²) in [7, 11) is 1.59. The molecular formula is C25H27N9O. The van der Waals surface area contributed by atoms with Gasteiger partial charge in [-0.15, -0.1) is 0 Å². The second-order valence-electron chi connectivity index (χ2n) is 8.88. The van der Waals surface area contributed by atoms with Crippen molar-refractivity contribution in [3.63, 3.8) is 0 Å². The van der Waals surface area contributed by atoms with Crippen LogP contribution in [0.3, 0.4) is 0 Å². The first kappa shape index (κ1) is 22.7. The molecule has 0 radical (unpaired) electrons. The van der Waals surface area contributed by atoms with E-state index in [9.17, 15) is 0 Å². The lowest BCUT2D eigenvalue weighted by molar-refractivity contribution is 0.329. The molecule has 1 aliphatic heterocycles. The van der Waals surface area contributed by atoms with Crippen LogP contribution in [-0.4, -0.2) is 60.6 Å². The standard InChI is InChI=1S/C25H27N9O/c1-16(2)34-15-29-23-21(34)11-20(30-24(23)35-4)19-7-9-27-25(31-19)32-22-6-5-17(12-28-22)13-33-10-8-18(14-33)26-3/h5-7,9,11-12,15-16,18H,8,10,13-14H2,1-2,4H3,(H,27,28,31,32). The molecular weight excluding hydrogens is 442 g/mol. The number of hydrogen-bond donors (Lipinski definition) is 1. The Balaban J connectivity index is 1.35. The highest BCUT2D eigenvalue weighted by Crippen LogP contribution is 2.29. The molecule has 0 amide bonds. The van der Waals surface area contributed by atoms with Gasteiger partial charge in [0.05, 0.1) is 36.9 Å². The topological polar surface area (TPSA) is 98.2 Å². The first-order valence-electron chi connectivity index (χ1n) is 11.6. The fourth-order valence-corrected chi connectivity index (χ4v) is 4.27. The zero-order chi connectivity index (χ0) is 24.4. The summed E-state index contributed by atoms with van der Waals surface area (Å²) >= 11 is 0. The number of hydrogen-bond acceptors (Lipinski definition) is 8. The molecule has 5 rings (SSSR count). The molecule has 5 heterocycles. The Morgan fingerprint density at radius 2 is 2.06 bits per heavy atom. The number of imidazole rings is 1. The fourth-order valence-electron chi connectivity index (χ4n) is 4.27. The smallest absolute Gasteiger partial charge is 0.242 e. The summed E-state index contributed by atoms with van der Waals surface area (Å²) in [6.07, 6.45) is 6.29. The quantitative estimate of drug-likeness (QED) is 0.404. The van der Waals surface area contributed by atoms with Gasteiger partial charge in [0.1, 0.15) is 5.82 Å². The largest absolute Gasteiger partial charge is 0.479 e. The van der Waals surface area contributed by atoms with Crippen LogP contribution in [0.4, 0.5) is 11.8 Å². The van der Waals surface area contributed by atoms with Gasteiger partial charge in [0.2, 0.25) is 17.9 Å². The van der Waals surface area contributed by atoms with Crippen molar-refractivity contribution in [2.24, 2.45) is 0 Å². The van der Waals surface area contributed by atoms with Gasteiger partial charge in [0.25, 0.3) is 0 Å². The number of fused-ring (bicyclic) bond motifs is 1. The van der Waals surface area contributed by atoms with Crippen molar-refractivity contribution in [1.82, 2.24) is 34.4 Å². The van der Waals surface area contributed by atoms with Crippen molar-refractivity contribution < 1.29 is 4.74 Å². The second kappa shape index (κ2) is 9.64. The highest BCUT2D eigenvalue weighted by atomic mass is 16.5. The van der Waals surface area contributed by atoms with E-state index in [4.69, 9.17) is 11.3 Å². The molecule has 0 spiro atoms. The van der Waals surface area contributed by atoms with Gasteiger partial charge >= 0.3 is 0 Å². The van der Waals surface area contributed by atoms with E-state index in [0.29, 0.717) is 29.0 Å². The monoisotopic (exact) mass is 469 g/mol. The third-order valence-corrected chi connectivity index (χ3v) is 6.10. The summed E-state index contributed by atoms with van der Waals surface area (Å²) in [5, 5.41) is 3.18. The molecule has 1 N–H and O–H groups in total. The van der Waals surface area contributed by atoms with E-state index in [0.717, 1.165) is 42.7 Å². The number of rotatable bonds is 7. The van der Waals surface area contributed by atoms with E-state index >= 15 is 0 Å². The Kier molecular flexibility index (Phi) is 6.25. The molecule has 10 nitrogen and oxygen atoms in total. The molecule has 0 saturated carbocycles. The number of ether oxygens (including phenoxy) is 1. The van der Waals surface area contributed by atoms with E-state index in [1.54, 1.807) is 19.6 Å². The zero-order valence-electron chi connectivity index (χ0n) is 20.0. The van der Waals surface area contributed by atoms with E-state index in [1.165, 1.54) is 0 Å². The van der Waals surface area contributed by atoms with Gasteiger partial charge in [0.15, 0.2) is 5.52 Å². The van der Waals surface area contributed by atoms with Crippen LogP contribution in [-0.2, 0) is 6.54 Å². The highest BCUT2D eigenvalue weighted by Gasteiger charge is 2.26. The van der Waals surface area contributed by atoms with Crippen LogP contribution >= 0.6 is 0 Å². The van der Waals surface area contributed by atoms with Crippen LogP contribution in [0.15, 0.2) is 43.0 Å². The molecule has 0 aromatic carbocycles. The number of anilines is 2. The summed E-state index contributed by atoms with van der Waals surface area (Å²) in [6, 6.07) is 8.12. The van der Waals surface area contributed by atoms with Crippen molar-refractivity contribution in [2.75, 3.05) is 25.5 Å². The molecule has 35 heavy (non-hydrogen) atoms. The predicted octanol–water partition coefficient (Wildman–Crippen LogP) is 4.11. The van der Waals surface area contributed by atoms with Gasteiger partial charge < -0.3 is 19.5 Å². The Labute approximate surface area is 203 Å². The van der Waals surface area contributed by atoms with Gasteiger partial charge in [-0.1, -0.05) is 6.07 Å². The second-order valence-corrected chi connectivity index (χ2v) is 8.88. The first-order chi connectivity index (χ1) is 17.0. The summed E-state index contributed by atoms with van der Waals surface area (Å²) in [4.78, 5) is 28.6. The lowest BCUT2D eigenvalue weighted by atomic mass is 10.2. The van der Waals surface area contributed by atoms with E-state index in [2.05, 4.69) is 58.4 Å². The molecule has 0 bridgehead atoms. The predicted molar refractivity (Wildman–Crippen MR) is 133 cm³/mol. The van der Waals surface area contributed by atoms with Gasteiger partial charge in [-0.2, -0.15) is 0 Å². The zero-order valence-corrected chi connectivity index (χ0v) is 20.0. The maximum atomic E-state index is 7.20. The summed E-state index contributed by atoms with van der Waals surface area (Å²) < 4.78 is 7.59. The van der Waals surface area contributed by atoms with Crippen molar-refractivity contribution in [1.29, 1.82) is 0 Å². The van der Waals surface area contributed by atoms with E-state index in [1.807, 2.05) is 30.5 Å². The van der Waals surface area contributed by atoms with Crippen molar-refractivity contribution >= 4 is 22.8 Å². The van der Waals surface area contributed by atoms with Crippen molar-refractivity contribution in [3.05, 3.63) is 60.0 Å². The summed E-state index contributed by atoms with van der Waals surface area (Å²) in [6.45, 7) is 14.0. The normalized spacial score (nSPS) is 16.0. The number of pyridine rings is 2. The lowest BCUT2D eigenvalue weighted by Crippen LogP contribution is -2.20. The van der Waals surface area contributed by atoms with Gasteiger partial charge in [0, 0.05) is 37.9 Å². The molecule has 178 valence electrons. The van der Waals surface area contributed by atoms with E-state index < -0.39 is 0 Å². The number of likely N-dealkylation sites (tertiary alicyclic amines) is 1. The number of aromatic nitrogens is 6. The number of methoxy groups -OCH3 is 1. The molecule has 1 saturated heterocycles. The SMILES string of the molecule is [C-]#[N+]C1CCN(Cc2ccc(Nc3nccc(-c4cc5c(ncn5C(C)C)c(OC)n4)n3)nc2)C1. The maximum absolute atomic E-state index is 7.20. The summed E-state index contributed by atoms with van der Waals surface area (Å²) in [5.74, 6) is 1.55. The molecule has 0 aliphatic carbocycles. The van der Waals surface area contributed by atoms with E-state index in [-0.39, 0.29) is 12.1 Å². The minimum absolute atomic E-state index is 0.120. The Morgan fingerprint density at radius 3 is 2.77 bits per heavy atom. The van der Waals surface area contributed by atoms with Crippen molar-refractivity contribution in [2.45, 2.75) is 38.9 Å². The van der Waals surface area contributed by atoms with Gasteiger partial charge in [-0.3, -0.25) is 4.90 Å². The first-order valence-corrected chi connectivity index (χ1v) is 11.6. The molecule has 1 fully saturated rings. The van der Waals surface area contributed by atoms with Crippen LogP contribution in [0.2, 0.25) is 0 Å². The number of nitrogens with zero attached hydrogens (tertiary/aromatic N) is 8. The lowest BCUT2D eigenvalue weighted by Gasteiger charge is -2.13. The van der Waals surface area contributed by atoms with Crippen LogP contribution < -0.4 is 10.1 Å². The Bertz CT molecular complexity index is 1370. The fraction of sp³-hybridized carbons (Fsp3) is 0.360. The minimum atomic E-state index is 0.120. The molecule has 4 aromatic heterocycles. The molecule has 1 unspecified atom stereocenters. The van der Waals surface area contributed by atoms with Gasteiger partial charge in [-0.05, 0) is 37.6 Å². The third-order valence-electron chi connectivity index (χ3n) is 6.10. The van der Waals surface area contributed by atoms with Crippen LogP contribution in [0.5, 0.6) is 5.88 Å². The Hall–Kier alpha value is -4.10. The van der Waals surface area contributed by atoms with Crippen LogP contribution in [0.25, 0.3) is 27.3 Å². The molecule has 1 aliphatic rings. The minimum Gasteiger partial charge on any atom is -0.479 e.